The molecule has 2 aromatic rings. The summed E-state index contributed by atoms with van der Waals surface area (Å²) >= 11 is 12.3. The molecule has 1 aliphatic rings. The SMILES string of the molecule is CC(=O)CC(=O)N1C(=N)C(C)C/N=C(/c2ccc(Cl)cc2)c2cc(Cl)ccc21. The van der Waals surface area contributed by atoms with E-state index in [9.17, 15) is 9.59 Å². The quantitative estimate of drug-likeness (QED) is 0.732. The van der Waals surface area contributed by atoms with Crippen LogP contribution in [0.5, 0.6) is 0 Å². The maximum Gasteiger partial charge on any atom is 0.239 e. The fraction of sp³-hybridized carbons (Fsp3) is 0.238. The number of fused-ring (bicyclic) bond motifs is 1. The Bertz CT molecular complexity index is 984. The Morgan fingerprint density at radius 2 is 1.79 bits per heavy atom. The highest BCUT2D eigenvalue weighted by molar-refractivity contribution is 6.33. The van der Waals surface area contributed by atoms with Gasteiger partial charge in [-0.2, -0.15) is 0 Å². The average molecular weight is 416 g/mol. The van der Waals surface area contributed by atoms with Gasteiger partial charge in [-0.25, -0.2) is 0 Å². The van der Waals surface area contributed by atoms with E-state index < -0.39 is 5.91 Å². The van der Waals surface area contributed by atoms with Crippen molar-refractivity contribution in [2.75, 3.05) is 11.4 Å². The fourth-order valence-electron chi connectivity index (χ4n) is 3.06. The van der Waals surface area contributed by atoms with Crippen LogP contribution in [0.4, 0.5) is 5.69 Å². The highest BCUT2D eigenvalue weighted by Crippen LogP contribution is 2.31. The van der Waals surface area contributed by atoms with Gasteiger partial charge in [0.25, 0.3) is 0 Å². The van der Waals surface area contributed by atoms with Crippen LogP contribution in [-0.2, 0) is 9.59 Å². The first-order valence-corrected chi connectivity index (χ1v) is 9.54. The normalized spacial score (nSPS) is 18.6. The molecule has 0 saturated heterocycles. The fourth-order valence-corrected chi connectivity index (χ4v) is 3.36. The summed E-state index contributed by atoms with van der Waals surface area (Å²) < 4.78 is 0. The van der Waals surface area contributed by atoms with E-state index >= 15 is 0 Å². The number of anilines is 1. The number of carbonyl (C=O) groups excluding carboxylic acids is 2. The first kappa shape index (κ1) is 20.2. The van der Waals surface area contributed by atoms with Crippen molar-refractivity contribution in [1.82, 2.24) is 0 Å². The molecule has 3 rings (SSSR count). The van der Waals surface area contributed by atoms with E-state index in [-0.39, 0.29) is 24.0 Å². The number of ketones is 1. The van der Waals surface area contributed by atoms with E-state index in [1.54, 1.807) is 30.3 Å². The second kappa shape index (κ2) is 8.25. The summed E-state index contributed by atoms with van der Waals surface area (Å²) in [5.74, 6) is -0.893. The molecule has 1 aliphatic heterocycles. The van der Waals surface area contributed by atoms with E-state index in [2.05, 4.69) is 0 Å². The van der Waals surface area contributed by atoms with Gasteiger partial charge in [0.1, 0.15) is 11.6 Å². The minimum absolute atomic E-state index is 0.105. The van der Waals surface area contributed by atoms with E-state index in [1.165, 1.54) is 11.8 Å². The first-order valence-electron chi connectivity index (χ1n) is 8.79. The maximum atomic E-state index is 12.8. The number of amides is 1. The Hall–Kier alpha value is -2.50. The molecule has 28 heavy (non-hydrogen) atoms. The summed E-state index contributed by atoms with van der Waals surface area (Å²) in [7, 11) is 0. The number of amidine groups is 1. The van der Waals surface area contributed by atoms with Crippen LogP contribution in [0.1, 0.15) is 31.4 Å². The lowest BCUT2D eigenvalue weighted by atomic mass is 9.96. The van der Waals surface area contributed by atoms with Crippen molar-refractivity contribution < 1.29 is 9.59 Å². The molecule has 2 aromatic carbocycles. The highest BCUT2D eigenvalue weighted by atomic mass is 35.5. The molecule has 144 valence electrons. The summed E-state index contributed by atoms with van der Waals surface area (Å²) in [5, 5.41) is 9.61. The van der Waals surface area contributed by atoms with Gasteiger partial charge in [-0.3, -0.25) is 24.9 Å². The molecule has 5 nitrogen and oxygen atoms in total. The lowest BCUT2D eigenvalue weighted by molar-refractivity contribution is -0.125. The van der Waals surface area contributed by atoms with Crippen LogP contribution in [0.2, 0.25) is 10.0 Å². The zero-order chi connectivity index (χ0) is 20.4. The summed E-state index contributed by atoms with van der Waals surface area (Å²) in [6.07, 6.45) is -0.273. The van der Waals surface area contributed by atoms with Crippen LogP contribution in [0.25, 0.3) is 0 Å². The number of Topliss-reactive ketones (excluding diaryl/α,β-unsaturated/α-hetero) is 1. The van der Waals surface area contributed by atoms with Gasteiger partial charge < -0.3 is 0 Å². The number of carbonyl (C=O) groups is 2. The van der Waals surface area contributed by atoms with Gasteiger partial charge in [0.05, 0.1) is 17.8 Å². The molecule has 1 unspecified atom stereocenters. The van der Waals surface area contributed by atoms with Crippen molar-refractivity contribution in [2.24, 2.45) is 10.9 Å². The van der Waals surface area contributed by atoms with Crippen molar-refractivity contribution in [2.45, 2.75) is 20.3 Å². The Kier molecular flexibility index (Phi) is 5.96. The second-order valence-corrected chi connectivity index (χ2v) is 7.62. The number of nitrogens with zero attached hydrogens (tertiary/aromatic N) is 2. The monoisotopic (exact) mass is 415 g/mol. The third kappa shape index (κ3) is 4.16. The van der Waals surface area contributed by atoms with Crippen LogP contribution in [0.15, 0.2) is 47.5 Å². The van der Waals surface area contributed by atoms with Crippen molar-refractivity contribution >= 4 is 52.1 Å². The number of hydrogen-bond acceptors (Lipinski definition) is 4. The number of aliphatic imine (C=N–C) groups is 1. The molecule has 0 bridgehead atoms. The molecule has 1 amide bonds. The lowest BCUT2D eigenvalue weighted by Crippen LogP contribution is -2.43. The summed E-state index contributed by atoms with van der Waals surface area (Å²) in [4.78, 5) is 30.4. The highest BCUT2D eigenvalue weighted by Gasteiger charge is 2.30. The Labute approximate surface area is 173 Å². The molecular weight excluding hydrogens is 397 g/mol. The largest absolute Gasteiger partial charge is 0.299 e. The van der Waals surface area contributed by atoms with Gasteiger partial charge in [-0.15, -0.1) is 0 Å². The first-order chi connectivity index (χ1) is 13.3. The summed E-state index contributed by atoms with van der Waals surface area (Å²) in [5.41, 5.74) is 2.60. The van der Waals surface area contributed by atoms with Crippen molar-refractivity contribution in [1.29, 1.82) is 5.41 Å². The number of nitrogens with one attached hydrogen (secondary N) is 1. The van der Waals surface area contributed by atoms with Gasteiger partial charge in [0.2, 0.25) is 5.91 Å². The van der Waals surface area contributed by atoms with Gasteiger partial charge in [0, 0.05) is 33.6 Å². The Morgan fingerprint density at radius 3 is 2.43 bits per heavy atom. The minimum atomic E-state index is -0.440. The van der Waals surface area contributed by atoms with Gasteiger partial charge >= 0.3 is 0 Å². The zero-order valence-electron chi connectivity index (χ0n) is 15.5. The number of rotatable bonds is 3. The molecule has 1 atom stereocenters. The van der Waals surface area contributed by atoms with Gasteiger partial charge in [0.15, 0.2) is 0 Å². The Balaban J connectivity index is 2.22. The molecule has 0 aromatic heterocycles. The van der Waals surface area contributed by atoms with Crippen molar-refractivity contribution in [3.05, 3.63) is 63.6 Å². The van der Waals surface area contributed by atoms with E-state index in [1.807, 2.05) is 19.1 Å². The number of hydrogen-bond donors (Lipinski definition) is 1. The molecular formula is C21H19Cl2N3O2. The van der Waals surface area contributed by atoms with Gasteiger partial charge in [-0.05, 0) is 37.3 Å². The molecule has 0 fully saturated rings. The van der Waals surface area contributed by atoms with Crippen LogP contribution in [0.3, 0.4) is 0 Å². The molecule has 0 saturated carbocycles. The summed E-state index contributed by atoms with van der Waals surface area (Å²) in [6.45, 7) is 3.52. The number of halogens is 2. The predicted octanol–water partition coefficient (Wildman–Crippen LogP) is 4.77. The molecule has 0 radical (unpaired) electrons. The predicted molar refractivity (Wildman–Crippen MR) is 113 cm³/mol. The van der Waals surface area contributed by atoms with Crippen molar-refractivity contribution in [3.8, 4) is 0 Å². The molecule has 1 heterocycles. The van der Waals surface area contributed by atoms with E-state index in [0.29, 0.717) is 33.6 Å². The topological polar surface area (TPSA) is 73.6 Å². The third-order valence-corrected chi connectivity index (χ3v) is 4.94. The standard InChI is InChI=1S/C21H19Cl2N3O2/c1-12-11-25-20(14-3-5-15(22)6-4-14)17-10-16(23)7-8-18(17)26(21(12)24)19(28)9-13(2)27/h3-8,10,12,24H,9,11H2,1-2H3/b24-21?,25-20-. The third-order valence-electron chi connectivity index (χ3n) is 4.45. The van der Waals surface area contributed by atoms with E-state index in [0.717, 1.165) is 5.56 Å². The average Bonchev–Trinajstić information content (AvgIpc) is 2.63. The Morgan fingerprint density at radius 1 is 1.14 bits per heavy atom. The number of benzene rings is 2. The van der Waals surface area contributed by atoms with Crippen LogP contribution in [0, 0.1) is 11.3 Å². The second-order valence-electron chi connectivity index (χ2n) is 6.75. The maximum absolute atomic E-state index is 12.8. The summed E-state index contributed by atoms with van der Waals surface area (Å²) in [6, 6.07) is 12.3. The zero-order valence-corrected chi connectivity index (χ0v) is 17.0. The van der Waals surface area contributed by atoms with Crippen LogP contribution < -0.4 is 4.90 Å². The van der Waals surface area contributed by atoms with E-state index in [4.69, 9.17) is 33.6 Å². The molecule has 0 spiro atoms. The lowest BCUT2D eigenvalue weighted by Gasteiger charge is -2.30. The molecule has 1 N–H and O–H groups in total. The van der Waals surface area contributed by atoms with Crippen LogP contribution >= 0.6 is 23.2 Å². The minimum Gasteiger partial charge on any atom is -0.299 e. The smallest absolute Gasteiger partial charge is 0.239 e. The van der Waals surface area contributed by atoms with Crippen LogP contribution in [-0.4, -0.2) is 29.8 Å². The molecule has 7 heteroatoms. The molecule has 0 aliphatic carbocycles. The van der Waals surface area contributed by atoms with Crippen molar-refractivity contribution in [3.63, 3.8) is 0 Å². The van der Waals surface area contributed by atoms with Gasteiger partial charge in [-0.1, -0.05) is 42.3 Å².